The van der Waals surface area contributed by atoms with Gasteiger partial charge >= 0.3 is 0 Å². The number of aromatic nitrogens is 1. The average Bonchev–Trinajstić information content (AvgIpc) is 2.75. The van der Waals surface area contributed by atoms with Gasteiger partial charge in [-0.05, 0) is 63.4 Å². The zero-order chi connectivity index (χ0) is 20.3. The molecule has 2 aromatic rings. The maximum Gasteiger partial charge on any atom is 0.191 e. The van der Waals surface area contributed by atoms with Crippen LogP contribution in [0.2, 0.25) is 0 Å². The summed E-state index contributed by atoms with van der Waals surface area (Å²) in [6.07, 6.45) is 5.20. The second-order valence-corrected chi connectivity index (χ2v) is 7.92. The molecule has 0 atom stereocenters. The molecule has 156 valence electrons. The van der Waals surface area contributed by atoms with Gasteiger partial charge in [0.2, 0.25) is 0 Å². The number of rotatable bonds is 8. The molecule has 2 N–H and O–H groups in total. The van der Waals surface area contributed by atoms with E-state index in [9.17, 15) is 0 Å². The lowest BCUT2D eigenvalue weighted by Crippen LogP contribution is -2.39. The van der Waals surface area contributed by atoms with Crippen molar-refractivity contribution in [2.24, 2.45) is 10.9 Å². The first-order chi connectivity index (χ1) is 14.2. The third kappa shape index (κ3) is 7.50. The van der Waals surface area contributed by atoms with Gasteiger partial charge in [0.05, 0.1) is 0 Å². The zero-order valence-electron chi connectivity index (χ0n) is 17.9. The van der Waals surface area contributed by atoms with E-state index in [4.69, 9.17) is 4.99 Å². The van der Waals surface area contributed by atoms with Gasteiger partial charge in [0.1, 0.15) is 0 Å². The third-order valence-electron chi connectivity index (χ3n) is 5.49. The van der Waals surface area contributed by atoms with Crippen molar-refractivity contribution in [1.29, 1.82) is 0 Å². The van der Waals surface area contributed by atoms with E-state index in [1.54, 1.807) is 0 Å². The molecule has 5 nitrogen and oxygen atoms in total. The van der Waals surface area contributed by atoms with E-state index in [1.807, 2.05) is 18.3 Å². The second-order valence-electron chi connectivity index (χ2n) is 7.92. The van der Waals surface area contributed by atoms with Gasteiger partial charge in [0.25, 0.3) is 0 Å². The van der Waals surface area contributed by atoms with Crippen molar-refractivity contribution in [3.05, 3.63) is 65.5 Å². The van der Waals surface area contributed by atoms with Gasteiger partial charge in [-0.15, -0.1) is 0 Å². The summed E-state index contributed by atoms with van der Waals surface area (Å²) in [5.74, 6) is 1.60. The van der Waals surface area contributed by atoms with Crippen LogP contribution in [0.3, 0.4) is 0 Å². The number of aryl methyl sites for hydroxylation is 1. The maximum absolute atomic E-state index is 4.84. The Morgan fingerprint density at radius 1 is 1.10 bits per heavy atom. The molecule has 5 heteroatoms. The predicted molar refractivity (Wildman–Crippen MR) is 121 cm³/mol. The number of hydrogen-bond acceptors (Lipinski definition) is 3. The molecule has 0 unspecified atom stereocenters. The maximum atomic E-state index is 4.84. The van der Waals surface area contributed by atoms with Gasteiger partial charge in [-0.3, -0.25) is 14.9 Å². The van der Waals surface area contributed by atoms with Crippen molar-refractivity contribution in [1.82, 2.24) is 20.5 Å². The smallest absolute Gasteiger partial charge is 0.191 e. The van der Waals surface area contributed by atoms with Gasteiger partial charge < -0.3 is 10.6 Å². The quantitative estimate of drug-likeness (QED) is 0.533. The monoisotopic (exact) mass is 393 g/mol. The van der Waals surface area contributed by atoms with Crippen molar-refractivity contribution in [3.63, 3.8) is 0 Å². The molecule has 0 saturated carbocycles. The molecule has 0 aliphatic carbocycles. The Balaban J connectivity index is 1.40. The van der Waals surface area contributed by atoms with E-state index in [0.29, 0.717) is 5.92 Å². The lowest BCUT2D eigenvalue weighted by Gasteiger charge is -2.31. The van der Waals surface area contributed by atoms with E-state index in [-0.39, 0.29) is 0 Å². The minimum atomic E-state index is 0.676. The third-order valence-corrected chi connectivity index (χ3v) is 5.49. The Hall–Kier alpha value is -2.40. The molecular formula is C24H35N5. The minimum absolute atomic E-state index is 0.676. The summed E-state index contributed by atoms with van der Waals surface area (Å²) in [5.41, 5.74) is 3.85. The standard InChI is InChI=1S/C24H35N5/c1-3-25-24(27-15-11-23-6-4-5-14-26-23)28-18-21-12-16-29(17-13-21)19-22-9-7-20(2)8-10-22/h4-10,14,21H,3,11-13,15-19H2,1-2H3,(H2,25,27,28). The highest BCUT2D eigenvalue weighted by Gasteiger charge is 2.19. The number of nitrogens with zero attached hydrogens (tertiary/aromatic N) is 3. The first-order valence-corrected chi connectivity index (χ1v) is 10.9. The number of benzene rings is 1. The van der Waals surface area contributed by atoms with Crippen LogP contribution in [0.25, 0.3) is 0 Å². The molecule has 1 aliphatic rings. The van der Waals surface area contributed by atoms with Gasteiger partial charge in [-0.2, -0.15) is 0 Å². The predicted octanol–water partition coefficient (Wildman–Crippen LogP) is 3.40. The van der Waals surface area contributed by atoms with Gasteiger partial charge in [0, 0.05) is 44.5 Å². The molecule has 0 spiro atoms. The SMILES string of the molecule is CCNC(=NCC1CCN(Cc2ccc(C)cc2)CC1)NCCc1ccccn1. The molecule has 1 aliphatic heterocycles. The number of likely N-dealkylation sites (tertiary alicyclic amines) is 1. The van der Waals surface area contributed by atoms with Crippen LogP contribution in [-0.2, 0) is 13.0 Å². The van der Waals surface area contributed by atoms with Crippen molar-refractivity contribution in [2.75, 3.05) is 32.7 Å². The van der Waals surface area contributed by atoms with Crippen LogP contribution in [0.5, 0.6) is 0 Å². The van der Waals surface area contributed by atoms with E-state index in [0.717, 1.165) is 57.3 Å². The molecule has 1 fully saturated rings. The molecule has 1 aromatic heterocycles. The highest BCUT2D eigenvalue weighted by atomic mass is 15.2. The zero-order valence-corrected chi connectivity index (χ0v) is 17.9. The first-order valence-electron chi connectivity index (χ1n) is 10.9. The topological polar surface area (TPSA) is 52.6 Å². The highest BCUT2D eigenvalue weighted by Crippen LogP contribution is 2.19. The number of guanidine groups is 1. The van der Waals surface area contributed by atoms with Crippen molar-refractivity contribution >= 4 is 5.96 Å². The molecule has 2 heterocycles. The summed E-state index contributed by atoms with van der Waals surface area (Å²) in [4.78, 5) is 11.8. The molecule has 29 heavy (non-hydrogen) atoms. The van der Waals surface area contributed by atoms with Gasteiger partial charge in [-0.25, -0.2) is 0 Å². The largest absolute Gasteiger partial charge is 0.357 e. The number of hydrogen-bond donors (Lipinski definition) is 2. The van der Waals surface area contributed by atoms with Crippen LogP contribution in [0.15, 0.2) is 53.7 Å². The Bertz CT molecular complexity index is 734. The van der Waals surface area contributed by atoms with Crippen molar-refractivity contribution < 1.29 is 0 Å². The highest BCUT2D eigenvalue weighted by molar-refractivity contribution is 5.79. The fourth-order valence-corrected chi connectivity index (χ4v) is 3.70. The summed E-state index contributed by atoms with van der Waals surface area (Å²) in [6.45, 7) is 10.3. The van der Waals surface area contributed by atoms with Crippen LogP contribution in [0, 0.1) is 12.8 Å². The summed E-state index contributed by atoms with van der Waals surface area (Å²) in [7, 11) is 0. The molecule has 1 saturated heterocycles. The lowest BCUT2D eigenvalue weighted by molar-refractivity contribution is 0.180. The summed E-state index contributed by atoms with van der Waals surface area (Å²) >= 11 is 0. The van der Waals surface area contributed by atoms with Crippen LogP contribution >= 0.6 is 0 Å². The number of pyridine rings is 1. The Labute approximate surface area is 175 Å². The lowest BCUT2D eigenvalue weighted by atomic mass is 9.96. The molecule has 3 rings (SSSR count). The molecule has 0 bridgehead atoms. The Morgan fingerprint density at radius 2 is 1.90 bits per heavy atom. The number of aliphatic imine (C=N–C) groups is 1. The van der Waals surface area contributed by atoms with E-state index < -0.39 is 0 Å². The second kappa shape index (κ2) is 11.6. The molecule has 0 amide bonds. The van der Waals surface area contributed by atoms with Crippen LogP contribution in [-0.4, -0.2) is 48.6 Å². The number of nitrogens with one attached hydrogen (secondary N) is 2. The summed E-state index contributed by atoms with van der Waals surface area (Å²) in [6, 6.07) is 15.0. The molecule has 0 radical (unpaired) electrons. The summed E-state index contributed by atoms with van der Waals surface area (Å²) < 4.78 is 0. The number of piperidine rings is 1. The van der Waals surface area contributed by atoms with Crippen LogP contribution in [0.1, 0.15) is 36.6 Å². The van der Waals surface area contributed by atoms with Crippen molar-refractivity contribution in [2.45, 2.75) is 39.7 Å². The first kappa shape index (κ1) is 21.3. The van der Waals surface area contributed by atoms with E-state index in [1.165, 1.54) is 24.0 Å². The van der Waals surface area contributed by atoms with E-state index >= 15 is 0 Å². The molecular weight excluding hydrogens is 358 g/mol. The normalized spacial score (nSPS) is 16.0. The minimum Gasteiger partial charge on any atom is -0.357 e. The van der Waals surface area contributed by atoms with Crippen LogP contribution < -0.4 is 10.6 Å². The van der Waals surface area contributed by atoms with Gasteiger partial charge in [-0.1, -0.05) is 35.9 Å². The Morgan fingerprint density at radius 3 is 2.59 bits per heavy atom. The van der Waals surface area contributed by atoms with Crippen LogP contribution in [0.4, 0.5) is 0 Å². The fraction of sp³-hybridized carbons (Fsp3) is 0.500. The molecule has 1 aromatic carbocycles. The van der Waals surface area contributed by atoms with Crippen molar-refractivity contribution in [3.8, 4) is 0 Å². The van der Waals surface area contributed by atoms with Gasteiger partial charge in [0.15, 0.2) is 5.96 Å². The average molecular weight is 394 g/mol. The summed E-state index contributed by atoms with van der Waals surface area (Å²) in [5, 5.41) is 6.81. The Kier molecular flexibility index (Phi) is 8.50. The van der Waals surface area contributed by atoms with E-state index in [2.05, 4.69) is 64.7 Å². The fourth-order valence-electron chi connectivity index (χ4n) is 3.70.